The topological polar surface area (TPSA) is 54.5 Å². The summed E-state index contributed by atoms with van der Waals surface area (Å²) in [5, 5.41) is 3.69. The van der Waals surface area contributed by atoms with Crippen molar-refractivity contribution in [3.05, 3.63) is 46.0 Å². The highest BCUT2D eigenvalue weighted by atomic mass is 32.1. The molecule has 132 valence electrons. The molecule has 2 aromatic rings. The molecule has 2 heterocycles. The number of amides is 1. The molecule has 1 aliphatic heterocycles. The van der Waals surface area contributed by atoms with Gasteiger partial charge in [-0.15, -0.1) is 11.3 Å². The van der Waals surface area contributed by atoms with Crippen molar-refractivity contribution in [3.8, 4) is 0 Å². The minimum absolute atomic E-state index is 0.0838. The van der Waals surface area contributed by atoms with Crippen LogP contribution in [-0.2, 0) is 17.6 Å². The first-order chi connectivity index (χ1) is 12.2. The normalized spacial score (nSPS) is 20.9. The molecule has 1 unspecified atom stereocenters. The molecule has 1 atom stereocenters. The number of hydrogen-bond donors (Lipinski definition) is 1. The fourth-order valence-corrected chi connectivity index (χ4v) is 4.70. The van der Waals surface area contributed by atoms with Crippen LogP contribution in [0.25, 0.3) is 0 Å². The molecule has 0 saturated carbocycles. The van der Waals surface area contributed by atoms with E-state index in [2.05, 4.69) is 15.2 Å². The molecule has 1 aliphatic carbocycles. The van der Waals surface area contributed by atoms with E-state index in [0.29, 0.717) is 11.6 Å². The average molecular weight is 357 g/mol. The number of morpholine rings is 1. The zero-order valence-electron chi connectivity index (χ0n) is 14.5. The second kappa shape index (κ2) is 7.23. The molecular weight excluding hydrogens is 334 g/mol. The summed E-state index contributed by atoms with van der Waals surface area (Å²) in [4.78, 5) is 20.9. The van der Waals surface area contributed by atoms with Crippen LogP contribution in [-0.4, -0.2) is 48.1 Å². The smallest absolute Gasteiger partial charge is 0.257 e. The van der Waals surface area contributed by atoms with Crippen LogP contribution in [0.3, 0.4) is 0 Å². The third-order valence-corrected chi connectivity index (χ3v) is 6.01. The van der Waals surface area contributed by atoms with Gasteiger partial charge in [-0.05, 0) is 38.3 Å². The Bertz CT molecular complexity index is 768. The molecule has 5 nitrogen and oxygen atoms in total. The van der Waals surface area contributed by atoms with Crippen molar-refractivity contribution in [3.63, 3.8) is 0 Å². The second-order valence-corrected chi connectivity index (χ2v) is 7.84. The van der Waals surface area contributed by atoms with Gasteiger partial charge in [-0.25, -0.2) is 4.98 Å². The predicted octanol–water partition coefficient (Wildman–Crippen LogP) is 2.89. The summed E-state index contributed by atoms with van der Waals surface area (Å²) >= 11 is 1.63. The van der Waals surface area contributed by atoms with Gasteiger partial charge >= 0.3 is 0 Å². The fourth-order valence-electron chi connectivity index (χ4n) is 3.62. The van der Waals surface area contributed by atoms with E-state index in [-0.39, 0.29) is 5.91 Å². The largest absolute Gasteiger partial charge is 0.379 e. The van der Waals surface area contributed by atoms with Gasteiger partial charge in [0.05, 0.1) is 18.9 Å². The lowest BCUT2D eigenvalue weighted by atomic mass is 9.96. The molecule has 0 radical (unpaired) electrons. The Morgan fingerprint density at radius 1 is 1.36 bits per heavy atom. The van der Waals surface area contributed by atoms with Crippen LogP contribution in [0.5, 0.6) is 0 Å². The maximum Gasteiger partial charge on any atom is 0.257 e. The van der Waals surface area contributed by atoms with Gasteiger partial charge in [-0.2, -0.15) is 0 Å². The average Bonchev–Trinajstić information content (AvgIpc) is 3.03. The van der Waals surface area contributed by atoms with E-state index < -0.39 is 0 Å². The highest BCUT2D eigenvalue weighted by molar-refractivity contribution is 7.15. The number of anilines is 1. The first-order valence-electron chi connectivity index (χ1n) is 8.87. The fraction of sp³-hybridized carbons (Fsp3) is 0.474. The van der Waals surface area contributed by atoms with Crippen LogP contribution in [0, 0.1) is 6.92 Å². The number of hydrogen-bond acceptors (Lipinski definition) is 5. The van der Waals surface area contributed by atoms with Gasteiger partial charge in [0.15, 0.2) is 5.13 Å². The van der Waals surface area contributed by atoms with E-state index in [1.807, 2.05) is 31.2 Å². The number of rotatable bonds is 3. The van der Waals surface area contributed by atoms with E-state index >= 15 is 0 Å². The van der Waals surface area contributed by atoms with Gasteiger partial charge in [0, 0.05) is 29.6 Å². The Balaban J connectivity index is 1.44. The van der Waals surface area contributed by atoms with Crippen LogP contribution in [0.4, 0.5) is 5.13 Å². The van der Waals surface area contributed by atoms with Gasteiger partial charge in [-0.3, -0.25) is 15.0 Å². The maximum atomic E-state index is 12.4. The molecule has 1 saturated heterocycles. The molecule has 6 heteroatoms. The van der Waals surface area contributed by atoms with Gasteiger partial charge in [-0.1, -0.05) is 17.7 Å². The van der Waals surface area contributed by atoms with Gasteiger partial charge in [0.25, 0.3) is 5.91 Å². The minimum atomic E-state index is -0.0838. The zero-order chi connectivity index (χ0) is 17.2. The van der Waals surface area contributed by atoms with Gasteiger partial charge in [0.2, 0.25) is 0 Å². The molecule has 25 heavy (non-hydrogen) atoms. The monoisotopic (exact) mass is 357 g/mol. The van der Waals surface area contributed by atoms with E-state index in [1.165, 1.54) is 4.88 Å². The molecular formula is C19H23N3O2S. The third kappa shape index (κ3) is 3.76. The highest BCUT2D eigenvalue weighted by Gasteiger charge is 2.28. The molecule has 4 rings (SSSR count). The summed E-state index contributed by atoms with van der Waals surface area (Å²) in [5.41, 5.74) is 2.92. The number of aromatic nitrogens is 1. The summed E-state index contributed by atoms with van der Waals surface area (Å²) in [7, 11) is 0. The van der Waals surface area contributed by atoms with Crippen molar-refractivity contribution < 1.29 is 9.53 Å². The van der Waals surface area contributed by atoms with Crippen LogP contribution < -0.4 is 5.32 Å². The lowest BCUT2D eigenvalue weighted by molar-refractivity contribution is 0.0139. The molecule has 0 spiro atoms. The first-order valence-corrected chi connectivity index (χ1v) is 9.69. The Hall–Kier alpha value is -1.76. The quantitative estimate of drug-likeness (QED) is 0.918. The number of benzene rings is 1. The van der Waals surface area contributed by atoms with Crippen molar-refractivity contribution in [1.82, 2.24) is 9.88 Å². The summed E-state index contributed by atoms with van der Waals surface area (Å²) < 4.78 is 5.46. The van der Waals surface area contributed by atoms with E-state index in [1.54, 1.807) is 11.3 Å². The number of nitrogens with one attached hydrogen (secondary N) is 1. The summed E-state index contributed by atoms with van der Waals surface area (Å²) in [6.07, 6.45) is 3.17. The van der Waals surface area contributed by atoms with Crippen LogP contribution in [0.2, 0.25) is 0 Å². The summed E-state index contributed by atoms with van der Waals surface area (Å²) in [6.45, 7) is 5.71. The minimum Gasteiger partial charge on any atom is -0.379 e. The summed E-state index contributed by atoms with van der Waals surface area (Å²) in [6, 6.07) is 8.22. The Kier molecular flexibility index (Phi) is 4.83. The number of carbonyl (C=O) groups excluding carboxylic acids is 1. The molecule has 1 fully saturated rings. The van der Waals surface area contributed by atoms with Gasteiger partial charge in [0.1, 0.15) is 0 Å². The van der Waals surface area contributed by atoms with E-state index in [9.17, 15) is 4.79 Å². The van der Waals surface area contributed by atoms with Crippen molar-refractivity contribution >= 4 is 22.4 Å². The van der Waals surface area contributed by atoms with Crippen molar-refractivity contribution in [2.24, 2.45) is 0 Å². The molecule has 1 amide bonds. The SMILES string of the molecule is Cc1cccc(C(=O)Nc2nc3c(s2)CC(N2CCOCC2)CC3)c1. The van der Waals surface area contributed by atoms with Crippen LogP contribution in [0.15, 0.2) is 24.3 Å². The second-order valence-electron chi connectivity index (χ2n) is 6.76. The Labute approximate surface area is 152 Å². The van der Waals surface area contributed by atoms with Crippen molar-refractivity contribution in [2.75, 3.05) is 31.6 Å². The van der Waals surface area contributed by atoms with Gasteiger partial charge < -0.3 is 4.74 Å². The van der Waals surface area contributed by atoms with Crippen molar-refractivity contribution in [1.29, 1.82) is 0 Å². The number of aryl methyl sites for hydroxylation is 2. The molecule has 1 aromatic heterocycles. The maximum absolute atomic E-state index is 12.4. The highest BCUT2D eigenvalue weighted by Crippen LogP contribution is 2.32. The molecule has 1 N–H and O–H groups in total. The standard InChI is InChI=1S/C19H23N3O2S/c1-13-3-2-4-14(11-13)18(23)21-19-20-16-6-5-15(12-17(16)25-19)22-7-9-24-10-8-22/h2-4,11,15H,5-10,12H2,1H3,(H,20,21,23). The molecule has 1 aromatic carbocycles. The molecule has 2 aliphatic rings. The zero-order valence-corrected chi connectivity index (χ0v) is 15.3. The number of fused-ring (bicyclic) bond motifs is 1. The Morgan fingerprint density at radius 3 is 3.00 bits per heavy atom. The van der Waals surface area contributed by atoms with Crippen LogP contribution in [0.1, 0.15) is 32.9 Å². The van der Waals surface area contributed by atoms with E-state index in [4.69, 9.17) is 4.74 Å². The number of nitrogens with zero attached hydrogens (tertiary/aromatic N) is 2. The lowest BCUT2D eigenvalue weighted by Gasteiger charge is -2.36. The van der Waals surface area contributed by atoms with Crippen molar-refractivity contribution in [2.45, 2.75) is 32.2 Å². The third-order valence-electron chi connectivity index (χ3n) is 4.98. The number of ether oxygens (including phenoxy) is 1. The van der Waals surface area contributed by atoms with Crippen LogP contribution >= 0.6 is 11.3 Å². The molecule has 0 bridgehead atoms. The number of thiazole rings is 1. The number of carbonyl (C=O) groups is 1. The first kappa shape index (κ1) is 16.7. The Morgan fingerprint density at radius 2 is 2.20 bits per heavy atom. The lowest BCUT2D eigenvalue weighted by Crippen LogP contribution is -2.45. The summed E-state index contributed by atoms with van der Waals surface area (Å²) in [5.74, 6) is -0.0838. The predicted molar refractivity (Wildman–Crippen MR) is 99.5 cm³/mol. The van der Waals surface area contributed by atoms with E-state index in [0.717, 1.165) is 62.0 Å².